The third-order valence-corrected chi connectivity index (χ3v) is 3.87. The lowest BCUT2D eigenvalue weighted by Gasteiger charge is -2.23. The highest BCUT2D eigenvalue weighted by molar-refractivity contribution is 5.80. The van der Waals surface area contributed by atoms with E-state index in [9.17, 15) is 4.79 Å². The van der Waals surface area contributed by atoms with Gasteiger partial charge in [-0.05, 0) is 26.3 Å². The average molecular weight is 242 g/mol. The maximum Gasteiger partial charge on any atom is 0.227 e. The summed E-state index contributed by atoms with van der Waals surface area (Å²) in [5, 5.41) is 6.23. The molecular formula is C12H22N2O3. The maximum atomic E-state index is 12.1. The molecule has 2 aliphatic rings. The van der Waals surface area contributed by atoms with Crippen molar-refractivity contribution in [2.75, 3.05) is 27.4 Å². The number of methoxy groups -OCH3 is 1. The van der Waals surface area contributed by atoms with Crippen LogP contribution in [-0.2, 0) is 14.3 Å². The minimum atomic E-state index is -0.0712. The van der Waals surface area contributed by atoms with Crippen molar-refractivity contribution >= 4 is 5.91 Å². The molecule has 4 atom stereocenters. The van der Waals surface area contributed by atoms with Crippen molar-refractivity contribution in [1.29, 1.82) is 0 Å². The van der Waals surface area contributed by atoms with Crippen LogP contribution in [0.3, 0.4) is 0 Å². The molecule has 0 aromatic carbocycles. The van der Waals surface area contributed by atoms with Crippen molar-refractivity contribution in [1.82, 2.24) is 10.6 Å². The summed E-state index contributed by atoms with van der Waals surface area (Å²) in [6, 6.07) is 0.308. The Bertz CT molecular complexity index is 272. The molecule has 1 aliphatic carbocycles. The lowest BCUT2D eigenvalue weighted by molar-refractivity contribution is -0.126. The second-order valence-electron chi connectivity index (χ2n) is 4.86. The van der Waals surface area contributed by atoms with Crippen LogP contribution in [0, 0.1) is 5.92 Å². The van der Waals surface area contributed by atoms with Crippen molar-refractivity contribution in [2.24, 2.45) is 5.92 Å². The minimum Gasteiger partial charge on any atom is -0.379 e. The van der Waals surface area contributed by atoms with Crippen LogP contribution in [0.5, 0.6) is 0 Å². The number of nitrogens with one attached hydrogen (secondary N) is 2. The summed E-state index contributed by atoms with van der Waals surface area (Å²) in [4.78, 5) is 12.1. The lowest BCUT2D eigenvalue weighted by atomic mass is 10.0. The van der Waals surface area contributed by atoms with E-state index in [1.54, 1.807) is 7.11 Å². The van der Waals surface area contributed by atoms with E-state index in [1.165, 1.54) is 0 Å². The van der Waals surface area contributed by atoms with Crippen LogP contribution in [0.2, 0.25) is 0 Å². The largest absolute Gasteiger partial charge is 0.379 e. The van der Waals surface area contributed by atoms with Gasteiger partial charge >= 0.3 is 0 Å². The number of rotatable bonds is 4. The molecule has 5 heteroatoms. The molecular weight excluding hydrogens is 220 g/mol. The van der Waals surface area contributed by atoms with Crippen LogP contribution < -0.4 is 10.6 Å². The zero-order chi connectivity index (χ0) is 12.3. The van der Waals surface area contributed by atoms with Gasteiger partial charge in [0.05, 0.1) is 31.3 Å². The molecule has 0 bridgehead atoms. The Balaban J connectivity index is 1.88. The monoisotopic (exact) mass is 242 g/mol. The third-order valence-electron chi connectivity index (χ3n) is 3.87. The van der Waals surface area contributed by atoms with Gasteiger partial charge in [-0.3, -0.25) is 4.79 Å². The van der Waals surface area contributed by atoms with E-state index in [-0.39, 0.29) is 30.0 Å². The fourth-order valence-corrected chi connectivity index (χ4v) is 2.76. The van der Waals surface area contributed by atoms with E-state index in [0.29, 0.717) is 13.2 Å². The molecule has 0 radical (unpaired) electrons. The molecule has 0 spiro atoms. The van der Waals surface area contributed by atoms with Crippen molar-refractivity contribution in [3.8, 4) is 0 Å². The third kappa shape index (κ3) is 2.78. The Labute approximate surface area is 102 Å². The van der Waals surface area contributed by atoms with E-state index in [4.69, 9.17) is 9.47 Å². The number of hydrogen-bond acceptors (Lipinski definition) is 4. The second-order valence-corrected chi connectivity index (χ2v) is 4.86. The molecule has 0 aromatic rings. The first-order valence-electron chi connectivity index (χ1n) is 6.34. The zero-order valence-electron chi connectivity index (χ0n) is 10.6. The van der Waals surface area contributed by atoms with E-state index < -0.39 is 0 Å². The molecule has 98 valence electrons. The molecule has 1 aliphatic heterocycles. The van der Waals surface area contributed by atoms with Crippen molar-refractivity contribution in [2.45, 2.75) is 37.5 Å². The van der Waals surface area contributed by atoms with Crippen LogP contribution in [0.15, 0.2) is 0 Å². The summed E-state index contributed by atoms with van der Waals surface area (Å²) in [5.41, 5.74) is 0. The summed E-state index contributed by atoms with van der Waals surface area (Å²) in [5.74, 6) is 0.0221. The quantitative estimate of drug-likeness (QED) is 0.723. The van der Waals surface area contributed by atoms with Crippen molar-refractivity contribution in [3.63, 3.8) is 0 Å². The normalized spacial score (nSPS) is 37.3. The Morgan fingerprint density at radius 1 is 1.29 bits per heavy atom. The highest BCUT2D eigenvalue weighted by atomic mass is 16.5. The first-order chi connectivity index (χ1) is 8.26. The Hall–Kier alpha value is -0.650. The van der Waals surface area contributed by atoms with E-state index >= 15 is 0 Å². The molecule has 2 fully saturated rings. The highest BCUT2D eigenvalue weighted by Gasteiger charge is 2.36. The lowest BCUT2D eigenvalue weighted by Crippen LogP contribution is -2.48. The van der Waals surface area contributed by atoms with Gasteiger partial charge in [0.2, 0.25) is 5.91 Å². The summed E-state index contributed by atoms with van der Waals surface area (Å²) in [6.07, 6.45) is 3.36. The predicted octanol–water partition coefficient (Wildman–Crippen LogP) is -0.0955. The second kappa shape index (κ2) is 5.80. The number of amides is 1. The van der Waals surface area contributed by atoms with Gasteiger partial charge in [0.1, 0.15) is 0 Å². The standard InChI is InChI=1S/C12H22N2O3/c1-13-10-7-17-6-8(10)12(15)14-9-4-3-5-11(9)16-2/h8-11,13H,3-7H2,1-2H3,(H,14,15). The molecule has 4 unspecified atom stereocenters. The van der Waals surface area contributed by atoms with Gasteiger partial charge in [0, 0.05) is 13.2 Å². The zero-order valence-corrected chi connectivity index (χ0v) is 10.6. The molecule has 2 rings (SSSR count). The number of carbonyl (C=O) groups is 1. The molecule has 5 nitrogen and oxygen atoms in total. The van der Waals surface area contributed by atoms with Crippen LogP contribution in [-0.4, -0.2) is 51.5 Å². The number of carbonyl (C=O) groups excluding carboxylic acids is 1. The van der Waals surface area contributed by atoms with Crippen LogP contribution in [0.1, 0.15) is 19.3 Å². The van der Waals surface area contributed by atoms with Crippen LogP contribution >= 0.6 is 0 Å². The van der Waals surface area contributed by atoms with Gasteiger partial charge in [-0.25, -0.2) is 0 Å². The van der Waals surface area contributed by atoms with Gasteiger partial charge in [0.25, 0.3) is 0 Å². The molecule has 0 aromatic heterocycles. The number of likely N-dealkylation sites (N-methyl/N-ethyl adjacent to an activating group) is 1. The van der Waals surface area contributed by atoms with E-state index in [1.807, 2.05) is 7.05 Å². The summed E-state index contributed by atoms with van der Waals surface area (Å²) in [6.45, 7) is 1.13. The van der Waals surface area contributed by atoms with Gasteiger partial charge < -0.3 is 20.1 Å². The average Bonchev–Trinajstić information content (AvgIpc) is 2.96. The first kappa shape index (κ1) is 12.8. The van der Waals surface area contributed by atoms with Gasteiger partial charge in [-0.15, -0.1) is 0 Å². The molecule has 17 heavy (non-hydrogen) atoms. The fourth-order valence-electron chi connectivity index (χ4n) is 2.76. The van der Waals surface area contributed by atoms with Gasteiger partial charge in [0.15, 0.2) is 0 Å². The van der Waals surface area contributed by atoms with Crippen molar-refractivity contribution < 1.29 is 14.3 Å². The Kier molecular flexibility index (Phi) is 4.36. The molecule has 1 saturated carbocycles. The van der Waals surface area contributed by atoms with E-state index in [2.05, 4.69) is 10.6 Å². The summed E-state index contributed by atoms with van der Waals surface area (Å²) in [7, 11) is 3.58. The molecule has 1 heterocycles. The molecule has 1 amide bonds. The first-order valence-corrected chi connectivity index (χ1v) is 6.34. The van der Waals surface area contributed by atoms with Crippen molar-refractivity contribution in [3.05, 3.63) is 0 Å². The maximum absolute atomic E-state index is 12.1. The summed E-state index contributed by atoms with van der Waals surface area (Å²) >= 11 is 0. The number of ether oxygens (including phenoxy) is 2. The molecule has 2 N–H and O–H groups in total. The summed E-state index contributed by atoms with van der Waals surface area (Å²) < 4.78 is 10.7. The molecule has 1 saturated heterocycles. The van der Waals surface area contributed by atoms with E-state index in [0.717, 1.165) is 19.3 Å². The topological polar surface area (TPSA) is 59.6 Å². The Morgan fingerprint density at radius 3 is 2.82 bits per heavy atom. The number of hydrogen-bond donors (Lipinski definition) is 2. The highest BCUT2D eigenvalue weighted by Crippen LogP contribution is 2.22. The fraction of sp³-hybridized carbons (Fsp3) is 0.917. The van der Waals surface area contributed by atoms with Crippen LogP contribution in [0.4, 0.5) is 0 Å². The predicted molar refractivity (Wildman–Crippen MR) is 63.7 cm³/mol. The SMILES string of the molecule is CNC1COCC1C(=O)NC1CCCC1OC. The van der Waals surface area contributed by atoms with Crippen LogP contribution in [0.25, 0.3) is 0 Å². The van der Waals surface area contributed by atoms with Gasteiger partial charge in [-0.2, -0.15) is 0 Å². The van der Waals surface area contributed by atoms with Gasteiger partial charge in [-0.1, -0.05) is 0 Å². The smallest absolute Gasteiger partial charge is 0.227 e. The minimum absolute atomic E-state index is 0.0712. The Morgan fingerprint density at radius 2 is 2.12 bits per heavy atom.